The van der Waals surface area contributed by atoms with Gasteiger partial charge in [0, 0.05) is 11.1 Å². The SMILES string of the molecule is Cc1oc2ccc(NS(C)(=O)=O)cc2c1C(=O)O. The number of carboxylic acids is 1. The van der Waals surface area contributed by atoms with Crippen LogP contribution in [-0.4, -0.2) is 25.7 Å². The predicted octanol–water partition coefficient (Wildman–Crippen LogP) is 1.81. The molecule has 0 bridgehead atoms. The topological polar surface area (TPSA) is 96.6 Å². The summed E-state index contributed by atoms with van der Waals surface area (Å²) in [5, 5.41) is 9.45. The van der Waals surface area contributed by atoms with E-state index in [1.807, 2.05) is 0 Å². The summed E-state index contributed by atoms with van der Waals surface area (Å²) in [7, 11) is -3.40. The van der Waals surface area contributed by atoms with E-state index < -0.39 is 16.0 Å². The molecule has 2 N–H and O–H groups in total. The second-order valence-corrected chi connectivity index (χ2v) is 5.67. The third-order valence-electron chi connectivity index (χ3n) is 2.38. The third-order valence-corrected chi connectivity index (χ3v) is 2.99. The number of nitrogens with one attached hydrogen (secondary N) is 1. The lowest BCUT2D eigenvalue weighted by Crippen LogP contribution is -2.09. The monoisotopic (exact) mass is 269 g/mol. The molecule has 96 valence electrons. The molecule has 0 fully saturated rings. The van der Waals surface area contributed by atoms with Gasteiger partial charge in [0.05, 0.1) is 6.26 Å². The molecule has 6 nitrogen and oxygen atoms in total. The van der Waals surface area contributed by atoms with Crippen molar-refractivity contribution in [1.82, 2.24) is 0 Å². The number of furan rings is 1. The summed E-state index contributed by atoms with van der Waals surface area (Å²) in [5.41, 5.74) is 0.749. The Morgan fingerprint density at radius 3 is 2.61 bits per heavy atom. The number of benzene rings is 1. The van der Waals surface area contributed by atoms with E-state index in [9.17, 15) is 13.2 Å². The highest BCUT2D eigenvalue weighted by atomic mass is 32.2. The summed E-state index contributed by atoms with van der Waals surface area (Å²) < 4.78 is 29.8. The molecule has 0 saturated heterocycles. The van der Waals surface area contributed by atoms with Gasteiger partial charge in [0.15, 0.2) is 0 Å². The minimum atomic E-state index is -3.40. The molecule has 0 amide bonds. The average molecular weight is 269 g/mol. The Kier molecular flexibility index (Phi) is 2.78. The lowest BCUT2D eigenvalue weighted by atomic mass is 10.1. The molecule has 1 aromatic heterocycles. The normalized spacial score (nSPS) is 11.7. The Hall–Kier alpha value is -2.02. The van der Waals surface area contributed by atoms with Gasteiger partial charge >= 0.3 is 5.97 Å². The molecule has 18 heavy (non-hydrogen) atoms. The van der Waals surface area contributed by atoms with Crippen molar-refractivity contribution in [1.29, 1.82) is 0 Å². The van der Waals surface area contributed by atoms with E-state index >= 15 is 0 Å². The maximum atomic E-state index is 11.1. The third kappa shape index (κ3) is 2.30. The van der Waals surface area contributed by atoms with E-state index in [1.54, 1.807) is 6.92 Å². The first kappa shape index (κ1) is 12.4. The largest absolute Gasteiger partial charge is 0.478 e. The highest BCUT2D eigenvalue weighted by molar-refractivity contribution is 7.92. The first-order valence-electron chi connectivity index (χ1n) is 5.02. The van der Waals surface area contributed by atoms with Crippen LogP contribution < -0.4 is 4.72 Å². The number of aryl methyl sites for hydroxylation is 1. The fourth-order valence-electron chi connectivity index (χ4n) is 1.76. The zero-order valence-corrected chi connectivity index (χ0v) is 10.5. The number of rotatable bonds is 3. The zero-order chi connectivity index (χ0) is 13.5. The Balaban J connectivity index is 2.63. The Morgan fingerprint density at radius 1 is 1.39 bits per heavy atom. The highest BCUT2D eigenvalue weighted by Gasteiger charge is 2.17. The smallest absolute Gasteiger partial charge is 0.339 e. The lowest BCUT2D eigenvalue weighted by molar-refractivity contribution is 0.0697. The molecule has 7 heteroatoms. The summed E-state index contributed by atoms with van der Waals surface area (Å²) in [6.07, 6.45) is 1.02. The molecular formula is C11H11NO5S. The molecule has 0 aliphatic carbocycles. The van der Waals surface area contributed by atoms with Gasteiger partial charge in [0.2, 0.25) is 10.0 Å². The van der Waals surface area contributed by atoms with Gasteiger partial charge in [-0.1, -0.05) is 0 Å². The van der Waals surface area contributed by atoms with Crippen LogP contribution >= 0.6 is 0 Å². The van der Waals surface area contributed by atoms with E-state index in [-0.39, 0.29) is 11.3 Å². The molecule has 0 spiro atoms. The zero-order valence-electron chi connectivity index (χ0n) is 9.72. The van der Waals surface area contributed by atoms with Crippen LogP contribution in [0.3, 0.4) is 0 Å². The number of aromatic carboxylic acids is 1. The van der Waals surface area contributed by atoms with E-state index in [4.69, 9.17) is 9.52 Å². The molecule has 1 heterocycles. The summed E-state index contributed by atoms with van der Waals surface area (Å²) >= 11 is 0. The number of hydrogen-bond acceptors (Lipinski definition) is 4. The molecule has 1 aromatic carbocycles. The molecule has 0 aliphatic heterocycles. The molecule has 0 atom stereocenters. The molecule has 2 rings (SSSR count). The number of carbonyl (C=O) groups is 1. The Labute approximate surface area is 103 Å². The van der Waals surface area contributed by atoms with Crippen LogP contribution in [-0.2, 0) is 10.0 Å². The Bertz CT molecular complexity index is 729. The molecular weight excluding hydrogens is 258 g/mol. The van der Waals surface area contributed by atoms with Gasteiger partial charge in [-0.25, -0.2) is 13.2 Å². The van der Waals surface area contributed by atoms with Gasteiger partial charge in [0.1, 0.15) is 16.9 Å². The van der Waals surface area contributed by atoms with Gasteiger partial charge in [-0.2, -0.15) is 0 Å². The van der Waals surface area contributed by atoms with E-state index in [0.29, 0.717) is 16.7 Å². The summed E-state index contributed by atoms with van der Waals surface area (Å²) in [4.78, 5) is 11.1. The minimum Gasteiger partial charge on any atom is -0.478 e. The number of carboxylic acid groups (broad SMARTS) is 1. The van der Waals surface area contributed by atoms with Gasteiger partial charge < -0.3 is 9.52 Å². The number of fused-ring (bicyclic) bond motifs is 1. The van der Waals surface area contributed by atoms with Crippen molar-refractivity contribution in [3.05, 3.63) is 29.5 Å². The number of anilines is 1. The quantitative estimate of drug-likeness (QED) is 0.885. The van der Waals surface area contributed by atoms with Crippen molar-refractivity contribution in [2.75, 3.05) is 11.0 Å². The van der Waals surface area contributed by atoms with Crippen LogP contribution in [0.1, 0.15) is 16.1 Å². The number of sulfonamides is 1. The molecule has 0 saturated carbocycles. The van der Waals surface area contributed by atoms with E-state index in [2.05, 4.69) is 4.72 Å². The van der Waals surface area contributed by atoms with Crippen LogP contribution in [0.15, 0.2) is 22.6 Å². The minimum absolute atomic E-state index is 0.0437. The van der Waals surface area contributed by atoms with Gasteiger partial charge in [0.25, 0.3) is 0 Å². The first-order chi connectivity index (χ1) is 8.28. The predicted molar refractivity (Wildman–Crippen MR) is 66.4 cm³/mol. The second kappa shape index (κ2) is 4.02. The fourth-order valence-corrected chi connectivity index (χ4v) is 2.32. The fraction of sp³-hybridized carbons (Fsp3) is 0.182. The van der Waals surface area contributed by atoms with Crippen LogP contribution in [0.4, 0.5) is 5.69 Å². The van der Waals surface area contributed by atoms with Crippen LogP contribution in [0.2, 0.25) is 0 Å². The molecule has 0 unspecified atom stereocenters. The van der Waals surface area contributed by atoms with Crippen molar-refractivity contribution < 1.29 is 22.7 Å². The standard InChI is InChI=1S/C11H11NO5S/c1-6-10(11(13)14)8-5-7(12-18(2,15)16)3-4-9(8)17-6/h3-5,12H,1-2H3,(H,13,14). The first-order valence-corrected chi connectivity index (χ1v) is 6.91. The second-order valence-electron chi connectivity index (χ2n) is 3.92. The van der Waals surface area contributed by atoms with Crippen LogP contribution in [0.5, 0.6) is 0 Å². The lowest BCUT2D eigenvalue weighted by Gasteiger charge is -2.03. The molecule has 0 aliphatic rings. The average Bonchev–Trinajstić information content (AvgIpc) is 2.50. The number of hydrogen-bond donors (Lipinski definition) is 2. The van der Waals surface area contributed by atoms with E-state index in [0.717, 1.165) is 6.26 Å². The maximum Gasteiger partial charge on any atom is 0.339 e. The van der Waals surface area contributed by atoms with Crippen LogP contribution in [0, 0.1) is 6.92 Å². The van der Waals surface area contributed by atoms with Crippen molar-refractivity contribution in [2.45, 2.75) is 6.92 Å². The van der Waals surface area contributed by atoms with Crippen LogP contribution in [0.25, 0.3) is 11.0 Å². The van der Waals surface area contributed by atoms with Gasteiger partial charge in [-0.05, 0) is 25.1 Å². The maximum absolute atomic E-state index is 11.1. The summed E-state index contributed by atoms with van der Waals surface area (Å²) in [6, 6.07) is 4.48. The van der Waals surface area contributed by atoms with Crippen molar-refractivity contribution in [2.24, 2.45) is 0 Å². The van der Waals surface area contributed by atoms with Gasteiger partial charge in [-0.15, -0.1) is 0 Å². The van der Waals surface area contributed by atoms with Crippen molar-refractivity contribution in [3.63, 3.8) is 0 Å². The van der Waals surface area contributed by atoms with E-state index in [1.165, 1.54) is 18.2 Å². The highest BCUT2D eigenvalue weighted by Crippen LogP contribution is 2.28. The molecule has 2 aromatic rings. The molecule has 0 radical (unpaired) electrons. The van der Waals surface area contributed by atoms with Gasteiger partial charge in [-0.3, -0.25) is 4.72 Å². The summed E-state index contributed by atoms with van der Waals surface area (Å²) in [5.74, 6) is -0.822. The summed E-state index contributed by atoms with van der Waals surface area (Å²) in [6.45, 7) is 1.55. The van der Waals surface area contributed by atoms with Crippen molar-refractivity contribution in [3.8, 4) is 0 Å². The van der Waals surface area contributed by atoms with Crippen molar-refractivity contribution >= 4 is 32.6 Å². The Morgan fingerprint density at radius 2 is 2.06 bits per heavy atom.